The molecule has 4 nitrogen and oxygen atoms in total. The number of hydrogen-bond donors (Lipinski definition) is 1. The summed E-state index contributed by atoms with van der Waals surface area (Å²) in [4.78, 5) is 22.9. The lowest BCUT2D eigenvalue weighted by Gasteiger charge is -2.09. The average molecular weight is 270 g/mol. The second-order valence-electron chi connectivity index (χ2n) is 4.18. The van der Waals surface area contributed by atoms with Gasteiger partial charge in [-0.25, -0.2) is 4.79 Å². The molecule has 0 aliphatic carbocycles. The van der Waals surface area contributed by atoms with E-state index in [1.165, 1.54) is 7.11 Å². The monoisotopic (exact) mass is 269 g/mol. The molecule has 1 N–H and O–H groups in total. The summed E-state index contributed by atoms with van der Waals surface area (Å²) in [6.45, 7) is 3.99. The maximum absolute atomic E-state index is 11.4. The van der Waals surface area contributed by atoms with Crippen LogP contribution in [0.3, 0.4) is 0 Å². The summed E-state index contributed by atoms with van der Waals surface area (Å²) in [5, 5.41) is 3.10. The summed E-state index contributed by atoms with van der Waals surface area (Å²) >= 11 is 5.89. The number of ether oxygens (including phenoxy) is 1. The number of amides is 1. The molecule has 0 unspecified atom stereocenters. The lowest BCUT2D eigenvalue weighted by Crippen LogP contribution is -2.27. The number of rotatable bonds is 4. The number of esters is 1. The molecule has 1 aromatic rings. The Bertz CT molecular complexity index is 458. The van der Waals surface area contributed by atoms with Crippen LogP contribution in [0.15, 0.2) is 18.2 Å². The van der Waals surface area contributed by atoms with Crippen molar-refractivity contribution in [3.05, 3.63) is 34.3 Å². The number of benzene rings is 1. The normalized spacial score (nSPS) is 10.3. The minimum Gasteiger partial charge on any atom is -0.465 e. The molecular formula is C13H16ClNO3. The SMILES string of the molecule is COC(=O)c1cc(CNC(=O)C(C)C)ccc1Cl. The van der Waals surface area contributed by atoms with E-state index in [4.69, 9.17) is 11.6 Å². The van der Waals surface area contributed by atoms with Crippen LogP contribution in [0.25, 0.3) is 0 Å². The highest BCUT2D eigenvalue weighted by molar-refractivity contribution is 6.33. The van der Waals surface area contributed by atoms with E-state index >= 15 is 0 Å². The summed E-state index contributed by atoms with van der Waals surface area (Å²) in [6, 6.07) is 4.99. The van der Waals surface area contributed by atoms with E-state index in [9.17, 15) is 9.59 Å². The minimum absolute atomic E-state index is 0.0374. The van der Waals surface area contributed by atoms with Crippen LogP contribution in [0.5, 0.6) is 0 Å². The molecule has 1 rings (SSSR count). The third-order valence-corrected chi connectivity index (χ3v) is 2.76. The van der Waals surface area contributed by atoms with Crippen LogP contribution in [0.1, 0.15) is 29.8 Å². The van der Waals surface area contributed by atoms with Gasteiger partial charge in [0.1, 0.15) is 0 Å². The number of halogens is 1. The molecule has 0 radical (unpaired) electrons. The van der Waals surface area contributed by atoms with Crippen LogP contribution in [0.4, 0.5) is 0 Å². The topological polar surface area (TPSA) is 55.4 Å². The van der Waals surface area contributed by atoms with Crippen molar-refractivity contribution in [3.63, 3.8) is 0 Å². The van der Waals surface area contributed by atoms with Crippen molar-refractivity contribution in [3.8, 4) is 0 Å². The lowest BCUT2D eigenvalue weighted by molar-refractivity contribution is -0.124. The van der Waals surface area contributed by atoms with Crippen molar-refractivity contribution in [1.82, 2.24) is 5.32 Å². The van der Waals surface area contributed by atoms with E-state index in [0.29, 0.717) is 17.1 Å². The van der Waals surface area contributed by atoms with Gasteiger partial charge in [0, 0.05) is 12.5 Å². The molecule has 0 fully saturated rings. The summed E-state index contributed by atoms with van der Waals surface area (Å²) < 4.78 is 4.63. The Kier molecular flexibility index (Phi) is 5.16. The Balaban J connectivity index is 2.79. The van der Waals surface area contributed by atoms with E-state index in [1.807, 2.05) is 13.8 Å². The molecule has 1 amide bonds. The highest BCUT2D eigenvalue weighted by Gasteiger charge is 2.12. The van der Waals surface area contributed by atoms with Gasteiger partial charge in [-0.1, -0.05) is 31.5 Å². The van der Waals surface area contributed by atoms with Crippen molar-refractivity contribution < 1.29 is 14.3 Å². The van der Waals surface area contributed by atoms with Crippen LogP contribution in [-0.4, -0.2) is 19.0 Å². The van der Waals surface area contributed by atoms with Crippen molar-refractivity contribution in [2.45, 2.75) is 20.4 Å². The third kappa shape index (κ3) is 3.74. The van der Waals surface area contributed by atoms with Gasteiger partial charge < -0.3 is 10.1 Å². The zero-order valence-corrected chi connectivity index (χ0v) is 11.4. The molecule has 0 aliphatic rings. The lowest BCUT2D eigenvalue weighted by atomic mass is 10.1. The zero-order valence-electron chi connectivity index (χ0n) is 10.6. The van der Waals surface area contributed by atoms with Gasteiger partial charge in [-0.2, -0.15) is 0 Å². The van der Waals surface area contributed by atoms with E-state index in [2.05, 4.69) is 10.1 Å². The molecule has 1 aromatic carbocycles. The first-order valence-corrected chi connectivity index (χ1v) is 5.98. The minimum atomic E-state index is -0.489. The van der Waals surface area contributed by atoms with E-state index in [-0.39, 0.29) is 11.8 Å². The maximum Gasteiger partial charge on any atom is 0.339 e. The Labute approximate surface area is 111 Å². The quantitative estimate of drug-likeness (QED) is 0.854. The molecule has 0 saturated carbocycles. The van der Waals surface area contributed by atoms with Gasteiger partial charge in [-0.05, 0) is 17.7 Å². The predicted molar refractivity (Wildman–Crippen MR) is 69.5 cm³/mol. The van der Waals surface area contributed by atoms with Crippen LogP contribution in [-0.2, 0) is 16.1 Å². The molecule has 0 bridgehead atoms. The second kappa shape index (κ2) is 6.40. The Morgan fingerprint density at radius 2 is 2.06 bits per heavy atom. The fourth-order valence-electron chi connectivity index (χ4n) is 1.34. The summed E-state index contributed by atoms with van der Waals surface area (Å²) in [5.41, 5.74) is 1.10. The van der Waals surface area contributed by atoms with E-state index in [0.717, 1.165) is 5.56 Å². The molecule has 0 atom stereocenters. The fraction of sp³-hybridized carbons (Fsp3) is 0.385. The first kappa shape index (κ1) is 14.5. The van der Waals surface area contributed by atoms with Crippen LogP contribution in [0, 0.1) is 5.92 Å². The highest BCUT2D eigenvalue weighted by Crippen LogP contribution is 2.18. The summed E-state index contributed by atoms with van der Waals surface area (Å²) in [7, 11) is 1.30. The molecule has 0 aliphatic heterocycles. The van der Waals surface area contributed by atoms with Crippen LogP contribution in [0.2, 0.25) is 5.02 Å². The smallest absolute Gasteiger partial charge is 0.339 e. The van der Waals surface area contributed by atoms with E-state index < -0.39 is 5.97 Å². The second-order valence-corrected chi connectivity index (χ2v) is 4.59. The van der Waals surface area contributed by atoms with Gasteiger partial charge >= 0.3 is 5.97 Å². The fourth-order valence-corrected chi connectivity index (χ4v) is 1.54. The van der Waals surface area contributed by atoms with Gasteiger partial charge in [0.2, 0.25) is 5.91 Å². The molecule has 98 valence electrons. The van der Waals surface area contributed by atoms with Crippen LogP contribution >= 0.6 is 11.6 Å². The molecule has 0 aromatic heterocycles. The van der Waals surface area contributed by atoms with E-state index in [1.54, 1.807) is 18.2 Å². The molecule has 5 heteroatoms. The summed E-state index contributed by atoms with van der Waals surface area (Å²) in [6.07, 6.45) is 0. The average Bonchev–Trinajstić information content (AvgIpc) is 2.36. The number of carbonyl (C=O) groups is 2. The van der Waals surface area contributed by atoms with Crippen molar-refractivity contribution in [1.29, 1.82) is 0 Å². The predicted octanol–water partition coefficient (Wildman–Crippen LogP) is 2.40. The van der Waals surface area contributed by atoms with Crippen LogP contribution < -0.4 is 5.32 Å². The van der Waals surface area contributed by atoms with Crippen molar-refractivity contribution >= 4 is 23.5 Å². The third-order valence-electron chi connectivity index (χ3n) is 2.43. The first-order valence-electron chi connectivity index (χ1n) is 5.60. The van der Waals surface area contributed by atoms with Gasteiger partial charge in [0.25, 0.3) is 0 Å². The zero-order chi connectivity index (χ0) is 13.7. The van der Waals surface area contributed by atoms with Crippen molar-refractivity contribution in [2.75, 3.05) is 7.11 Å². The summed E-state index contributed by atoms with van der Waals surface area (Å²) in [5.74, 6) is -0.598. The Hall–Kier alpha value is -1.55. The number of carbonyl (C=O) groups excluding carboxylic acids is 2. The van der Waals surface area contributed by atoms with Crippen molar-refractivity contribution in [2.24, 2.45) is 5.92 Å². The largest absolute Gasteiger partial charge is 0.465 e. The standard InChI is InChI=1S/C13H16ClNO3/c1-8(2)12(16)15-7-9-4-5-11(14)10(6-9)13(17)18-3/h4-6,8H,7H2,1-3H3,(H,15,16). The molecular weight excluding hydrogens is 254 g/mol. The number of nitrogens with one attached hydrogen (secondary N) is 1. The number of methoxy groups -OCH3 is 1. The highest BCUT2D eigenvalue weighted by atomic mass is 35.5. The molecule has 18 heavy (non-hydrogen) atoms. The molecule has 0 saturated heterocycles. The van der Waals surface area contributed by atoms with Gasteiger partial charge in [-0.15, -0.1) is 0 Å². The molecule has 0 spiro atoms. The van der Waals surface area contributed by atoms with Gasteiger partial charge in [0.05, 0.1) is 17.7 Å². The van der Waals surface area contributed by atoms with Gasteiger partial charge in [-0.3, -0.25) is 4.79 Å². The maximum atomic E-state index is 11.4. The number of hydrogen-bond acceptors (Lipinski definition) is 3. The van der Waals surface area contributed by atoms with Gasteiger partial charge in [0.15, 0.2) is 0 Å². The Morgan fingerprint density at radius 3 is 2.61 bits per heavy atom. The first-order chi connectivity index (χ1) is 8.45. The Morgan fingerprint density at radius 1 is 1.39 bits per heavy atom. The molecule has 0 heterocycles.